The van der Waals surface area contributed by atoms with Gasteiger partial charge in [-0.3, -0.25) is 0 Å². The first-order valence-corrected chi connectivity index (χ1v) is 7.62. The molecule has 0 aliphatic carbocycles. The van der Waals surface area contributed by atoms with Crippen molar-refractivity contribution in [3.63, 3.8) is 0 Å². The minimum absolute atomic E-state index is 0.299. The fourth-order valence-electron chi connectivity index (χ4n) is 2.12. The molecule has 4 heteroatoms. The normalized spacial score (nSPS) is 13.3. The van der Waals surface area contributed by atoms with Crippen molar-refractivity contribution in [1.82, 2.24) is 0 Å². The maximum absolute atomic E-state index is 12.5. The van der Waals surface area contributed by atoms with E-state index in [2.05, 4.69) is 21.2 Å². The Labute approximate surface area is 133 Å². The van der Waals surface area contributed by atoms with Crippen LogP contribution in [-0.4, -0.2) is 12.6 Å². The van der Waals surface area contributed by atoms with Crippen molar-refractivity contribution in [2.75, 3.05) is 11.9 Å². The molecule has 0 aromatic heterocycles. The molecule has 2 aromatic rings. The second-order valence-electron chi connectivity index (χ2n) is 4.82. The molecule has 0 heterocycles. The lowest BCUT2D eigenvalue weighted by Gasteiger charge is -2.30. The topological polar surface area (TPSA) is 38.3 Å². The summed E-state index contributed by atoms with van der Waals surface area (Å²) in [6, 6.07) is 17.3. The maximum Gasteiger partial charge on any atom is 0.336 e. The summed E-state index contributed by atoms with van der Waals surface area (Å²) in [6.07, 6.45) is 0. The summed E-state index contributed by atoms with van der Waals surface area (Å²) in [6.45, 7) is 3.99. The van der Waals surface area contributed by atoms with E-state index in [9.17, 15) is 4.79 Å². The molecule has 0 fully saturated rings. The van der Waals surface area contributed by atoms with Crippen LogP contribution in [0, 0.1) is 0 Å². The number of carbonyl (C=O) groups is 1. The van der Waals surface area contributed by atoms with Gasteiger partial charge < -0.3 is 10.1 Å². The number of hydrogen-bond donors (Lipinski definition) is 1. The van der Waals surface area contributed by atoms with Gasteiger partial charge in [-0.05, 0) is 47.5 Å². The predicted molar refractivity (Wildman–Crippen MR) is 88.2 cm³/mol. The highest BCUT2D eigenvalue weighted by molar-refractivity contribution is 9.10. The molecule has 0 amide bonds. The second kappa shape index (κ2) is 6.76. The standard InChI is InChI=1S/C17H18BrNO2/c1-3-21-16(20)17(2,13-9-5-4-6-10-13)19-15-12-8-7-11-14(15)18/h4-12,19H,3H2,1-2H3. The van der Waals surface area contributed by atoms with Gasteiger partial charge in [0, 0.05) is 10.2 Å². The lowest BCUT2D eigenvalue weighted by atomic mass is 9.91. The Bertz CT molecular complexity index is 615. The summed E-state index contributed by atoms with van der Waals surface area (Å²) in [5.74, 6) is -0.299. The van der Waals surface area contributed by atoms with Crippen molar-refractivity contribution in [2.45, 2.75) is 19.4 Å². The number of ether oxygens (including phenoxy) is 1. The van der Waals surface area contributed by atoms with E-state index in [4.69, 9.17) is 4.74 Å². The third-order valence-corrected chi connectivity index (χ3v) is 3.98. The van der Waals surface area contributed by atoms with Gasteiger partial charge in [-0.25, -0.2) is 4.79 Å². The van der Waals surface area contributed by atoms with E-state index in [1.54, 1.807) is 0 Å². The summed E-state index contributed by atoms with van der Waals surface area (Å²) in [5.41, 5.74) is 0.761. The highest BCUT2D eigenvalue weighted by Gasteiger charge is 2.37. The van der Waals surface area contributed by atoms with Crippen LogP contribution in [0.2, 0.25) is 0 Å². The van der Waals surface area contributed by atoms with Crippen molar-refractivity contribution >= 4 is 27.6 Å². The van der Waals surface area contributed by atoms with Gasteiger partial charge >= 0.3 is 5.97 Å². The Balaban J connectivity index is 2.42. The largest absolute Gasteiger partial charge is 0.464 e. The van der Waals surface area contributed by atoms with Gasteiger partial charge in [0.15, 0.2) is 5.54 Å². The molecular weight excluding hydrogens is 330 g/mol. The number of hydrogen-bond acceptors (Lipinski definition) is 3. The molecule has 0 aliphatic heterocycles. The van der Waals surface area contributed by atoms with E-state index in [1.165, 1.54) is 0 Å². The van der Waals surface area contributed by atoms with Gasteiger partial charge in [0.25, 0.3) is 0 Å². The smallest absolute Gasteiger partial charge is 0.336 e. The zero-order valence-corrected chi connectivity index (χ0v) is 13.7. The first-order chi connectivity index (χ1) is 10.1. The molecule has 0 bridgehead atoms. The van der Waals surface area contributed by atoms with Gasteiger partial charge in [0.1, 0.15) is 0 Å². The SMILES string of the molecule is CCOC(=O)C(C)(Nc1ccccc1Br)c1ccccc1. The number of carbonyl (C=O) groups excluding carboxylic acids is 1. The van der Waals surface area contributed by atoms with Crippen molar-refractivity contribution in [2.24, 2.45) is 0 Å². The average Bonchev–Trinajstić information content (AvgIpc) is 2.50. The fourth-order valence-corrected chi connectivity index (χ4v) is 2.50. The Morgan fingerprint density at radius 2 is 1.76 bits per heavy atom. The molecule has 1 unspecified atom stereocenters. The molecule has 0 radical (unpaired) electrons. The average molecular weight is 348 g/mol. The van der Waals surface area contributed by atoms with Crippen LogP contribution in [0.1, 0.15) is 19.4 Å². The summed E-state index contributed by atoms with van der Waals surface area (Å²) < 4.78 is 6.16. The molecule has 0 spiro atoms. The minimum Gasteiger partial charge on any atom is -0.464 e. The van der Waals surface area contributed by atoms with Crippen LogP contribution >= 0.6 is 15.9 Å². The molecule has 1 atom stereocenters. The van der Waals surface area contributed by atoms with Crippen molar-refractivity contribution < 1.29 is 9.53 Å². The van der Waals surface area contributed by atoms with Crippen LogP contribution in [0.3, 0.4) is 0 Å². The minimum atomic E-state index is -0.943. The highest BCUT2D eigenvalue weighted by Crippen LogP contribution is 2.31. The fraction of sp³-hybridized carbons (Fsp3) is 0.235. The molecule has 21 heavy (non-hydrogen) atoms. The van der Waals surface area contributed by atoms with Gasteiger partial charge in [-0.1, -0.05) is 42.5 Å². The molecule has 1 N–H and O–H groups in total. The van der Waals surface area contributed by atoms with Crippen molar-refractivity contribution in [3.05, 3.63) is 64.6 Å². The molecule has 0 saturated heterocycles. The summed E-state index contributed by atoms with van der Waals surface area (Å²) in [7, 11) is 0. The number of esters is 1. The molecule has 0 saturated carbocycles. The van der Waals surface area contributed by atoms with Crippen LogP contribution < -0.4 is 5.32 Å². The maximum atomic E-state index is 12.5. The Kier molecular flexibility index (Phi) is 5.02. The first-order valence-electron chi connectivity index (χ1n) is 6.83. The van der Waals surface area contributed by atoms with E-state index in [0.717, 1.165) is 15.7 Å². The Morgan fingerprint density at radius 1 is 1.14 bits per heavy atom. The molecular formula is C17H18BrNO2. The Hall–Kier alpha value is -1.81. The van der Waals surface area contributed by atoms with Crippen LogP contribution in [0.15, 0.2) is 59.1 Å². The number of nitrogens with one attached hydrogen (secondary N) is 1. The van der Waals surface area contributed by atoms with E-state index in [-0.39, 0.29) is 5.97 Å². The van der Waals surface area contributed by atoms with E-state index in [0.29, 0.717) is 6.61 Å². The Morgan fingerprint density at radius 3 is 2.38 bits per heavy atom. The lowest BCUT2D eigenvalue weighted by molar-refractivity contribution is -0.148. The molecule has 3 nitrogen and oxygen atoms in total. The van der Waals surface area contributed by atoms with Gasteiger partial charge in [-0.15, -0.1) is 0 Å². The second-order valence-corrected chi connectivity index (χ2v) is 5.67. The molecule has 110 valence electrons. The lowest BCUT2D eigenvalue weighted by Crippen LogP contribution is -2.42. The number of anilines is 1. The number of para-hydroxylation sites is 1. The molecule has 0 aliphatic rings. The molecule has 2 aromatic carbocycles. The van der Waals surface area contributed by atoms with Crippen LogP contribution in [0.25, 0.3) is 0 Å². The highest BCUT2D eigenvalue weighted by atomic mass is 79.9. The zero-order chi connectivity index (χ0) is 15.3. The van der Waals surface area contributed by atoms with Gasteiger partial charge in [-0.2, -0.15) is 0 Å². The zero-order valence-electron chi connectivity index (χ0n) is 12.1. The molecule has 2 rings (SSSR count). The third-order valence-electron chi connectivity index (χ3n) is 3.29. The predicted octanol–water partition coefficient (Wildman–Crippen LogP) is 4.34. The summed E-state index contributed by atoms with van der Waals surface area (Å²) in [4.78, 5) is 12.5. The van der Waals surface area contributed by atoms with Gasteiger partial charge in [0.2, 0.25) is 0 Å². The number of halogens is 1. The summed E-state index contributed by atoms with van der Waals surface area (Å²) >= 11 is 3.49. The van der Waals surface area contributed by atoms with Crippen molar-refractivity contribution in [3.8, 4) is 0 Å². The van der Waals surface area contributed by atoms with Crippen LogP contribution in [0.4, 0.5) is 5.69 Å². The first kappa shape index (κ1) is 15.6. The van der Waals surface area contributed by atoms with E-state index >= 15 is 0 Å². The number of benzene rings is 2. The van der Waals surface area contributed by atoms with Gasteiger partial charge in [0.05, 0.1) is 6.61 Å². The monoisotopic (exact) mass is 347 g/mol. The van der Waals surface area contributed by atoms with E-state index < -0.39 is 5.54 Å². The quantitative estimate of drug-likeness (QED) is 0.817. The summed E-state index contributed by atoms with van der Waals surface area (Å²) in [5, 5.41) is 3.30. The van der Waals surface area contributed by atoms with Crippen LogP contribution in [-0.2, 0) is 15.1 Å². The van der Waals surface area contributed by atoms with Crippen molar-refractivity contribution in [1.29, 1.82) is 0 Å². The third kappa shape index (κ3) is 3.45. The van der Waals surface area contributed by atoms with Crippen LogP contribution in [0.5, 0.6) is 0 Å². The number of rotatable bonds is 5. The van der Waals surface area contributed by atoms with E-state index in [1.807, 2.05) is 68.4 Å².